The number of halogens is 1. The Morgan fingerprint density at radius 2 is 1.87 bits per heavy atom. The SMILES string of the molecule is CN(c1c(Nc2nc(Nc3ccn(C)n3)ncc2Br)ccc2nccnc12)S(C)(=O)=O. The van der Waals surface area contributed by atoms with Crippen LogP contribution in [0.25, 0.3) is 11.0 Å². The summed E-state index contributed by atoms with van der Waals surface area (Å²) in [4.78, 5) is 17.3. The minimum absolute atomic E-state index is 0.322. The first kappa shape index (κ1) is 20.9. The van der Waals surface area contributed by atoms with Crippen LogP contribution in [0.2, 0.25) is 0 Å². The molecule has 0 radical (unpaired) electrons. The van der Waals surface area contributed by atoms with Gasteiger partial charge in [-0.05, 0) is 28.1 Å². The van der Waals surface area contributed by atoms with E-state index >= 15 is 0 Å². The highest BCUT2D eigenvalue weighted by Gasteiger charge is 2.21. The Bertz CT molecular complexity index is 1370. The summed E-state index contributed by atoms with van der Waals surface area (Å²) in [6.07, 6.45) is 7.57. The largest absolute Gasteiger partial charge is 0.337 e. The van der Waals surface area contributed by atoms with Crippen LogP contribution in [0, 0.1) is 0 Å². The monoisotopic (exact) mass is 503 g/mol. The van der Waals surface area contributed by atoms with Crippen molar-refractivity contribution < 1.29 is 8.42 Å². The number of hydrogen-bond donors (Lipinski definition) is 2. The molecule has 2 N–H and O–H groups in total. The smallest absolute Gasteiger partial charge is 0.232 e. The lowest BCUT2D eigenvalue weighted by molar-refractivity contribution is 0.600. The molecule has 0 bridgehead atoms. The molecule has 3 heterocycles. The average molecular weight is 504 g/mol. The maximum Gasteiger partial charge on any atom is 0.232 e. The van der Waals surface area contributed by atoms with E-state index in [0.717, 1.165) is 10.6 Å². The molecule has 0 unspecified atom stereocenters. The lowest BCUT2D eigenvalue weighted by Gasteiger charge is -2.22. The van der Waals surface area contributed by atoms with E-state index in [2.05, 4.69) is 51.6 Å². The van der Waals surface area contributed by atoms with E-state index < -0.39 is 10.0 Å². The highest BCUT2D eigenvalue weighted by molar-refractivity contribution is 9.10. The Labute approximate surface area is 186 Å². The van der Waals surface area contributed by atoms with Crippen LogP contribution in [0.3, 0.4) is 0 Å². The highest BCUT2D eigenvalue weighted by Crippen LogP contribution is 2.36. The number of anilines is 5. The molecule has 1 aromatic carbocycles. The minimum atomic E-state index is -3.56. The first-order valence-corrected chi connectivity index (χ1v) is 11.6. The number of nitrogens with one attached hydrogen (secondary N) is 2. The second-order valence-electron chi connectivity index (χ2n) is 6.63. The molecule has 0 aliphatic rings. The van der Waals surface area contributed by atoms with E-state index in [1.54, 1.807) is 41.5 Å². The summed E-state index contributed by atoms with van der Waals surface area (Å²) in [6.45, 7) is 0. The molecule has 4 rings (SSSR count). The summed E-state index contributed by atoms with van der Waals surface area (Å²) in [7, 11) is -0.287. The molecule has 0 atom stereocenters. The maximum absolute atomic E-state index is 12.3. The van der Waals surface area contributed by atoms with E-state index in [4.69, 9.17) is 0 Å². The molecular weight excluding hydrogens is 486 g/mol. The van der Waals surface area contributed by atoms with Crippen LogP contribution >= 0.6 is 15.9 Å². The molecule has 160 valence electrons. The molecule has 3 aromatic heterocycles. The molecule has 0 aliphatic heterocycles. The van der Waals surface area contributed by atoms with E-state index in [9.17, 15) is 8.42 Å². The van der Waals surface area contributed by atoms with Gasteiger partial charge in [-0.3, -0.25) is 19.0 Å². The molecule has 0 aliphatic carbocycles. The molecule has 11 nitrogen and oxygen atoms in total. The van der Waals surface area contributed by atoms with Crippen LogP contribution in [0.1, 0.15) is 0 Å². The Hall–Kier alpha value is -3.32. The molecule has 4 aromatic rings. The zero-order valence-electron chi connectivity index (χ0n) is 16.8. The van der Waals surface area contributed by atoms with Crippen molar-refractivity contribution in [2.75, 3.05) is 28.2 Å². The lowest BCUT2D eigenvalue weighted by Crippen LogP contribution is -2.26. The number of benzene rings is 1. The van der Waals surface area contributed by atoms with Gasteiger partial charge in [0, 0.05) is 44.9 Å². The number of fused-ring (bicyclic) bond motifs is 1. The maximum atomic E-state index is 12.3. The number of aryl methyl sites for hydroxylation is 1. The van der Waals surface area contributed by atoms with Crippen LogP contribution in [-0.4, -0.2) is 51.4 Å². The standard InChI is InChI=1S/C18H18BrN9O2S/c1-27-9-6-14(26-27)24-18-22-10-11(19)17(25-18)23-13-5-4-12-15(21-8-7-20-12)16(13)28(2)31(3,29)30/h4-10H,1-3H3,(H2,22,23,24,25,26). The quantitative estimate of drug-likeness (QED) is 0.407. The summed E-state index contributed by atoms with van der Waals surface area (Å²) in [6, 6.07) is 5.28. The third-order valence-electron chi connectivity index (χ3n) is 4.38. The molecule has 0 spiro atoms. The zero-order chi connectivity index (χ0) is 22.2. The average Bonchev–Trinajstić information content (AvgIpc) is 3.13. The molecule has 0 fully saturated rings. The van der Waals surface area contributed by atoms with E-state index in [-0.39, 0.29) is 0 Å². The van der Waals surface area contributed by atoms with Gasteiger partial charge < -0.3 is 10.6 Å². The van der Waals surface area contributed by atoms with Crippen molar-refractivity contribution in [3.63, 3.8) is 0 Å². The summed E-state index contributed by atoms with van der Waals surface area (Å²) in [5.74, 6) is 1.34. The van der Waals surface area contributed by atoms with Gasteiger partial charge in [0.2, 0.25) is 16.0 Å². The topological polar surface area (TPSA) is 131 Å². The van der Waals surface area contributed by atoms with E-state index in [1.807, 2.05) is 7.05 Å². The van der Waals surface area contributed by atoms with Gasteiger partial charge in [0.15, 0.2) is 5.82 Å². The molecular formula is C18H18BrN9O2S. The van der Waals surface area contributed by atoms with Crippen LogP contribution in [-0.2, 0) is 17.1 Å². The van der Waals surface area contributed by atoms with Crippen LogP contribution in [0.5, 0.6) is 0 Å². The third-order valence-corrected chi connectivity index (χ3v) is 6.13. The number of rotatable bonds is 6. The van der Waals surface area contributed by atoms with Crippen LogP contribution in [0.15, 0.2) is 47.5 Å². The van der Waals surface area contributed by atoms with Crippen molar-refractivity contribution in [3.05, 3.63) is 47.5 Å². The molecule has 0 amide bonds. The number of sulfonamides is 1. The predicted octanol–water partition coefficient (Wildman–Crippen LogP) is 2.80. The first-order valence-electron chi connectivity index (χ1n) is 8.96. The molecule has 0 saturated carbocycles. The van der Waals surface area contributed by atoms with Crippen LogP contribution < -0.4 is 14.9 Å². The van der Waals surface area contributed by atoms with Crippen LogP contribution in [0.4, 0.5) is 29.0 Å². The number of nitrogens with zero attached hydrogens (tertiary/aromatic N) is 7. The summed E-state index contributed by atoms with van der Waals surface area (Å²) in [5.41, 5.74) is 1.86. The summed E-state index contributed by atoms with van der Waals surface area (Å²) < 4.78 is 28.0. The third kappa shape index (κ3) is 4.41. The zero-order valence-corrected chi connectivity index (χ0v) is 19.2. The van der Waals surface area contributed by atoms with Gasteiger partial charge in [0.1, 0.15) is 17.0 Å². The number of aromatic nitrogens is 6. The van der Waals surface area contributed by atoms with Crippen molar-refractivity contribution in [2.45, 2.75) is 0 Å². The van der Waals surface area contributed by atoms with Crippen molar-refractivity contribution in [1.29, 1.82) is 0 Å². The summed E-state index contributed by atoms with van der Waals surface area (Å²) >= 11 is 3.43. The minimum Gasteiger partial charge on any atom is -0.337 e. The second-order valence-corrected chi connectivity index (χ2v) is 9.50. The second kappa shape index (κ2) is 8.07. The van der Waals surface area contributed by atoms with Gasteiger partial charge in [-0.15, -0.1) is 0 Å². The Morgan fingerprint density at radius 3 is 2.58 bits per heavy atom. The molecule has 0 saturated heterocycles. The molecule has 13 heteroatoms. The molecule has 31 heavy (non-hydrogen) atoms. The highest BCUT2D eigenvalue weighted by atomic mass is 79.9. The van der Waals surface area contributed by atoms with Crippen molar-refractivity contribution in [1.82, 2.24) is 29.7 Å². The lowest BCUT2D eigenvalue weighted by atomic mass is 10.2. The van der Waals surface area contributed by atoms with Gasteiger partial charge in [-0.2, -0.15) is 10.1 Å². The Kier molecular flexibility index (Phi) is 5.45. The van der Waals surface area contributed by atoms with Gasteiger partial charge in [0.25, 0.3) is 0 Å². The predicted molar refractivity (Wildman–Crippen MR) is 122 cm³/mol. The van der Waals surface area contributed by atoms with E-state index in [1.165, 1.54) is 13.2 Å². The van der Waals surface area contributed by atoms with Crippen molar-refractivity contribution in [3.8, 4) is 0 Å². The van der Waals surface area contributed by atoms with Gasteiger partial charge in [0.05, 0.1) is 21.9 Å². The van der Waals surface area contributed by atoms with E-state index in [0.29, 0.717) is 44.5 Å². The summed E-state index contributed by atoms with van der Waals surface area (Å²) in [5, 5.41) is 10.5. The Balaban J connectivity index is 1.77. The van der Waals surface area contributed by atoms with Gasteiger partial charge in [-0.1, -0.05) is 0 Å². The van der Waals surface area contributed by atoms with Crippen molar-refractivity contribution >= 4 is 65.9 Å². The number of hydrogen-bond acceptors (Lipinski definition) is 9. The normalized spacial score (nSPS) is 11.5. The Morgan fingerprint density at radius 1 is 1.10 bits per heavy atom. The van der Waals surface area contributed by atoms with Gasteiger partial charge >= 0.3 is 0 Å². The fraction of sp³-hybridized carbons (Fsp3) is 0.167. The van der Waals surface area contributed by atoms with Gasteiger partial charge in [-0.25, -0.2) is 13.4 Å². The first-order chi connectivity index (χ1) is 14.7. The van der Waals surface area contributed by atoms with Crippen molar-refractivity contribution in [2.24, 2.45) is 7.05 Å². The fourth-order valence-electron chi connectivity index (χ4n) is 2.85. The fourth-order valence-corrected chi connectivity index (χ4v) is 3.65.